The summed E-state index contributed by atoms with van der Waals surface area (Å²) in [5.74, 6) is 0.763. The van der Waals surface area contributed by atoms with Gasteiger partial charge in [-0.05, 0) is 25.5 Å². The molecule has 0 saturated carbocycles. The predicted molar refractivity (Wildman–Crippen MR) is 74.7 cm³/mol. The maximum Gasteiger partial charge on any atom is 0.258 e. The molecule has 0 radical (unpaired) electrons. The highest BCUT2D eigenvalue weighted by atomic mass is 16.5. The molecule has 2 aliphatic rings. The molecule has 0 saturated heterocycles. The molecule has 1 amide bonds. The first kappa shape index (κ1) is 12.1. The van der Waals surface area contributed by atoms with Crippen LogP contribution >= 0.6 is 0 Å². The number of hydrogen-bond donors (Lipinski definition) is 1. The van der Waals surface area contributed by atoms with Crippen LogP contribution in [0.5, 0.6) is 5.75 Å². The number of rotatable bonds is 1. The molecule has 0 atom stereocenters. The van der Waals surface area contributed by atoms with E-state index in [-0.39, 0.29) is 5.91 Å². The van der Waals surface area contributed by atoms with Crippen molar-refractivity contribution in [2.24, 2.45) is 0 Å². The third-order valence-electron chi connectivity index (χ3n) is 3.53. The van der Waals surface area contributed by atoms with Crippen LogP contribution in [0.1, 0.15) is 23.7 Å². The van der Waals surface area contributed by atoms with Crippen molar-refractivity contribution >= 4 is 11.6 Å². The van der Waals surface area contributed by atoms with E-state index in [0.717, 1.165) is 31.7 Å². The lowest BCUT2D eigenvalue weighted by molar-refractivity contribution is 0.0761. The Hall–Kier alpha value is -1.97. The molecule has 0 spiro atoms. The average molecular weight is 258 g/mol. The lowest BCUT2D eigenvalue weighted by atomic mass is 10.1. The monoisotopic (exact) mass is 258 g/mol. The number of fused-ring (bicyclic) bond motifs is 1. The third-order valence-corrected chi connectivity index (χ3v) is 3.53. The number of anilines is 1. The summed E-state index contributed by atoms with van der Waals surface area (Å²) in [5, 5.41) is 3.26. The van der Waals surface area contributed by atoms with Crippen LogP contribution in [0.3, 0.4) is 0 Å². The zero-order valence-electron chi connectivity index (χ0n) is 11.1. The Morgan fingerprint density at radius 3 is 3.16 bits per heavy atom. The van der Waals surface area contributed by atoms with Crippen LogP contribution in [-0.4, -0.2) is 37.0 Å². The van der Waals surface area contributed by atoms with Crippen LogP contribution in [-0.2, 0) is 0 Å². The molecule has 100 valence electrons. The number of para-hydroxylation sites is 1. The van der Waals surface area contributed by atoms with E-state index in [2.05, 4.69) is 18.3 Å². The molecule has 0 bridgehead atoms. The molecule has 1 N–H and O–H groups in total. The minimum atomic E-state index is 0.0630. The average Bonchev–Trinajstić information content (AvgIpc) is 2.46. The topological polar surface area (TPSA) is 41.6 Å². The normalized spacial score (nSPS) is 17.9. The fourth-order valence-electron chi connectivity index (χ4n) is 2.59. The zero-order chi connectivity index (χ0) is 13.2. The Kier molecular flexibility index (Phi) is 3.15. The van der Waals surface area contributed by atoms with Gasteiger partial charge in [-0.25, -0.2) is 0 Å². The van der Waals surface area contributed by atoms with E-state index in [4.69, 9.17) is 4.74 Å². The van der Waals surface area contributed by atoms with Crippen LogP contribution in [0.25, 0.3) is 0 Å². The van der Waals surface area contributed by atoms with Crippen LogP contribution < -0.4 is 10.1 Å². The second-order valence-electron chi connectivity index (χ2n) is 5.02. The van der Waals surface area contributed by atoms with E-state index < -0.39 is 0 Å². The van der Waals surface area contributed by atoms with Gasteiger partial charge in [-0.15, -0.1) is 0 Å². The second-order valence-corrected chi connectivity index (χ2v) is 5.02. The summed E-state index contributed by atoms with van der Waals surface area (Å²) >= 11 is 0. The van der Waals surface area contributed by atoms with Gasteiger partial charge in [-0.2, -0.15) is 0 Å². The van der Waals surface area contributed by atoms with Crippen molar-refractivity contribution in [1.82, 2.24) is 4.90 Å². The van der Waals surface area contributed by atoms with Crippen LogP contribution in [0, 0.1) is 0 Å². The van der Waals surface area contributed by atoms with Gasteiger partial charge >= 0.3 is 0 Å². The maximum absolute atomic E-state index is 12.6. The summed E-state index contributed by atoms with van der Waals surface area (Å²) < 4.78 is 5.67. The van der Waals surface area contributed by atoms with E-state index in [0.29, 0.717) is 17.9 Å². The van der Waals surface area contributed by atoms with Crippen LogP contribution in [0.15, 0.2) is 29.8 Å². The van der Waals surface area contributed by atoms with Gasteiger partial charge < -0.3 is 15.0 Å². The molecule has 0 aromatic heterocycles. The number of amides is 1. The Bertz CT molecular complexity index is 537. The number of carbonyl (C=O) groups excluding carboxylic acids is 1. The smallest absolute Gasteiger partial charge is 0.258 e. The fourth-order valence-corrected chi connectivity index (χ4v) is 2.59. The highest BCUT2D eigenvalue weighted by Crippen LogP contribution is 2.32. The lowest BCUT2D eigenvalue weighted by Gasteiger charge is -2.28. The Morgan fingerprint density at radius 1 is 1.42 bits per heavy atom. The van der Waals surface area contributed by atoms with Crippen molar-refractivity contribution in [2.45, 2.75) is 13.3 Å². The van der Waals surface area contributed by atoms with Crippen molar-refractivity contribution in [3.63, 3.8) is 0 Å². The van der Waals surface area contributed by atoms with Crippen molar-refractivity contribution < 1.29 is 9.53 Å². The Morgan fingerprint density at radius 2 is 2.32 bits per heavy atom. The molecular formula is C15H18N2O2. The van der Waals surface area contributed by atoms with Gasteiger partial charge in [0.05, 0.1) is 11.3 Å². The van der Waals surface area contributed by atoms with Crippen molar-refractivity contribution in [3.8, 4) is 5.75 Å². The quantitative estimate of drug-likeness (QED) is 0.786. The highest BCUT2D eigenvalue weighted by molar-refractivity contribution is 5.99. The molecular weight excluding hydrogens is 240 g/mol. The third kappa shape index (κ3) is 2.30. The molecule has 4 nitrogen and oxygen atoms in total. The summed E-state index contributed by atoms with van der Waals surface area (Å²) in [4.78, 5) is 14.5. The number of ether oxygens (including phenoxy) is 1. The maximum atomic E-state index is 12.6. The van der Waals surface area contributed by atoms with E-state index in [1.54, 1.807) is 0 Å². The summed E-state index contributed by atoms with van der Waals surface area (Å²) in [6.45, 7) is 4.97. The second kappa shape index (κ2) is 4.96. The molecule has 4 heteroatoms. The first-order valence-corrected chi connectivity index (χ1v) is 6.70. The number of nitrogens with zero attached hydrogens (tertiary/aromatic N) is 1. The van der Waals surface area contributed by atoms with Crippen LogP contribution in [0.4, 0.5) is 5.69 Å². The Labute approximate surface area is 113 Å². The van der Waals surface area contributed by atoms with Gasteiger partial charge in [0.1, 0.15) is 6.61 Å². The Balaban J connectivity index is 1.90. The van der Waals surface area contributed by atoms with Crippen LogP contribution in [0.2, 0.25) is 0 Å². The van der Waals surface area contributed by atoms with Gasteiger partial charge in [0.25, 0.3) is 5.91 Å². The largest absolute Gasteiger partial charge is 0.489 e. The first-order valence-electron chi connectivity index (χ1n) is 6.70. The van der Waals surface area contributed by atoms with E-state index in [9.17, 15) is 4.79 Å². The standard InChI is InChI=1S/C15H18N2O2/c1-11-4-3-8-17(10-11)15(18)12-5-2-6-13-14(12)19-9-7-16-13/h2,4-6,16H,3,7-10H2,1H3. The molecule has 2 aliphatic heterocycles. The zero-order valence-corrected chi connectivity index (χ0v) is 11.1. The molecule has 1 aromatic rings. The number of nitrogens with one attached hydrogen (secondary N) is 1. The van der Waals surface area contributed by atoms with Crippen molar-refractivity contribution in [2.75, 3.05) is 31.6 Å². The number of hydrogen-bond acceptors (Lipinski definition) is 3. The molecule has 1 aromatic carbocycles. The van der Waals surface area contributed by atoms with Crippen molar-refractivity contribution in [1.29, 1.82) is 0 Å². The molecule has 19 heavy (non-hydrogen) atoms. The van der Waals surface area contributed by atoms with E-state index in [1.165, 1.54) is 5.57 Å². The van der Waals surface area contributed by atoms with Gasteiger partial charge in [-0.3, -0.25) is 4.79 Å². The van der Waals surface area contributed by atoms with Crippen molar-refractivity contribution in [3.05, 3.63) is 35.4 Å². The predicted octanol–water partition coefficient (Wildman–Crippen LogP) is 2.28. The van der Waals surface area contributed by atoms with Gasteiger partial charge in [0, 0.05) is 19.6 Å². The summed E-state index contributed by atoms with van der Waals surface area (Å²) in [6.07, 6.45) is 3.13. The summed E-state index contributed by atoms with van der Waals surface area (Å²) in [7, 11) is 0. The number of carbonyl (C=O) groups is 1. The molecule has 2 heterocycles. The van der Waals surface area contributed by atoms with Gasteiger partial charge in [0.15, 0.2) is 5.75 Å². The van der Waals surface area contributed by atoms with Gasteiger partial charge in [-0.1, -0.05) is 17.7 Å². The number of benzene rings is 1. The first-order chi connectivity index (χ1) is 9.25. The highest BCUT2D eigenvalue weighted by Gasteiger charge is 2.24. The molecule has 0 aliphatic carbocycles. The summed E-state index contributed by atoms with van der Waals surface area (Å²) in [5.41, 5.74) is 2.84. The van der Waals surface area contributed by atoms with E-state index in [1.807, 2.05) is 23.1 Å². The molecule has 0 unspecified atom stereocenters. The van der Waals surface area contributed by atoms with Gasteiger partial charge in [0.2, 0.25) is 0 Å². The fraction of sp³-hybridized carbons (Fsp3) is 0.400. The molecule has 3 rings (SSSR count). The minimum Gasteiger partial charge on any atom is -0.489 e. The van der Waals surface area contributed by atoms with E-state index >= 15 is 0 Å². The molecule has 0 fully saturated rings. The SMILES string of the molecule is CC1=CCCN(C(=O)c2cccc3c2OCCN3)C1. The summed E-state index contributed by atoms with van der Waals surface area (Å²) in [6, 6.07) is 5.70. The lowest BCUT2D eigenvalue weighted by Crippen LogP contribution is -2.36. The minimum absolute atomic E-state index is 0.0630.